The summed E-state index contributed by atoms with van der Waals surface area (Å²) in [5.41, 5.74) is 0.306. The summed E-state index contributed by atoms with van der Waals surface area (Å²) in [7, 11) is 1.56. The molecule has 1 aromatic carbocycles. The molecule has 2 amide bonds. The predicted molar refractivity (Wildman–Crippen MR) is 78.3 cm³/mol. The number of likely N-dealkylation sites (N-methyl/N-ethyl adjacent to an activating group) is 1. The highest BCUT2D eigenvalue weighted by Gasteiger charge is 2.13. The third-order valence-corrected chi connectivity index (χ3v) is 3.16. The van der Waals surface area contributed by atoms with Crippen molar-refractivity contribution in [3.8, 4) is 0 Å². The van der Waals surface area contributed by atoms with E-state index in [2.05, 4.69) is 5.32 Å². The van der Waals surface area contributed by atoms with Gasteiger partial charge in [-0.2, -0.15) is 0 Å². The van der Waals surface area contributed by atoms with Gasteiger partial charge in [0.1, 0.15) is 0 Å². The van der Waals surface area contributed by atoms with Gasteiger partial charge in [-0.1, -0.05) is 23.7 Å². The van der Waals surface area contributed by atoms with Gasteiger partial charge in [-0.05, 0) is 18.6 Å². The van der Waals surface area contributed by atoms with Crippen molar-refractivity contribution in [2.75, 3.05) is 20.1 Å². The smallest absolute Gasteiger partial charge is 0.303 e. The van der Waals surface area contributed by atoms with Crippen LogP contribution in [0.4, 0.5) is 0 Å². The first-order chi connectivity index (χ1) is 9.91. The van der Waals surface area contributed by atoms with Crippen LogP contribution in [0.1, 0.15) is 23.2 Å². The van der Waals surface area contributed by atoms with Gasteiger partial charge in [-0.25, -0.2) is 0 Å². The number of hydrogen-bond donors (Lipinski definition) is 2. The van der Waals surface area contributed by atoms with Gasteiger partial charge >= 0.3 is 5.97 Å². The van der Waals surface area contributed by atoms with E-state index in [0.29, 0.717) is 23.6 Å². The molecule has 1 aromatic rings. The Morgan fingerprint density at radius 1 is 1.29 bits per heavy atom. The van der Waals surface area contributed by atoms with Crippen LogP contribution in [0.15, 0.2) is 24.3 Å². The number of aliphatic carboxylic acids is 1. The topological polar surface area (TPSA) is 86.7 Å². The zero-order valence-corrected chi connectivity index (χ0v) is 12.4. The van der Waals surface area contributed by atoms with Gasteiger partial charge in [-0.15, -0.1) is 0 Å². The highest BCUT2D eigenvalue weighted by Crippen LogP contribution is 2.14. The maximum atomic E-state index is 11.9. The molecular formula is C14H17ClN2O4. The third-order valence-electron chi connectivity index (χ3n) is 2.83. The van der Waals surface area contributed by atoms with Crippen molar-refractivity contribution in [3.63, 3.8) is 0 Å². The molecule has 0 saturated carbocycles. The van der Waals surface area contributed by atoms with Crippen molar-refractivity contribution < 1.29 is 19.5 Å². The number of carboxylic acids is 1. The van der Waals surface area contributed by atoms with Crippen LogP contribution in [0.5, 0.6) is 0 Å². The zero-order valence-electron chi connectivity index (χ0n) is 11.6. The number of benzene rings is 1. The highest BCUT2D eigenvalue weighted by atomic mass is 35.5. The Labute approximate surface area is 127 Å². The SMILES string of the molecule is CN(CCCC(=O)O)C(=O)CNC(=O)c1ccccc1Cl. The molecule has 114 valence electrons. The first-order valence-electron chi connectivity index (χ1n) is 6.40. The molecule has 0 bridgehead atoms. The highest BCUT2D eigenvalue weighted by molar-refractivity contribution is 6.33. The molecule has 0 aliphatic heterocycles. The molecule has 0 radical (unpaired) electrons. The van der Waals surface area contributed by atoms with Gasteiger partial charge in [0.05, 0.1) is 17.1 Å². The fourth-order valence-corrected chi connectivity index (χ4v) is 1.85. The van der Waals surface area contributed by atoms with E-state index >= 15 is 0 Å². The second-order valence-corrected chi connectivity index (χ2v) is 4.88. The summed E-state index contributed by atoms with van der Waals surface area (Å²) in [6, 6.07) is 6.55. The van der Waals surface area contributed by atoms with Crippen LogP contribution in [-0.4, -0.2) is 47.9 Å². The quantitative estimate of drug-likeness (QED) is 0.796. The number of halogens is 1. The molecule has 0 fully saturated rings. The lowest BCUT2D eigenvalue weighted by molar-refractivity contribution is -0.137. The van der Waals surface area contributed by atoms with Crippen molar-refractivity contribution >= 4 is 29.4 Å². The van der Waals surface area contributed by atoms with E-state index in [-0.39, 0.29) is 18.9 Å². The average Bonchev–Trinajstić information content (AvgIpc) is 2.44. The number of amides is 2. The summed E-state index contributed by atoms with van der Waals surface area (Å²) in [5, 5.41) is 11.3. The molecule has 21 heavy (non-hydrogen) atoms. The summed E-state index contributed by atoms with van der Waals surface area (Å²) in [6.45, 7) is 0.167. The molecule has 6 nitrogen and oxygen atoms in total. The van der Waals surface area contributed by atoms with E-state index in [4.69, 9.17) is 16.7 Å². The van der Waals surface area contributed by atoms with Crippen molar-refractivity contribution in [2.45, 2.75) is 12.8 Å². The molecule has 7 heteroatoms. The number of rotatable bonds is 7. The van der Waals surface area contributed by atoms with Gasteiger partial charge in [0.15, 0.2) is 0 Å². The van der Waals surface area contributed by atoms with Crippen LogP contribution in [0.25, 0.3) is 0 Å². The molecule has 1 rings (SSSR count). The Balaban J connectivity index is 2.40. The van der Waals surface area contributed by atoms with E-state index in [1.807, 2.05) is 0 Å². The fraction of sp³-hybridized carbons (Fsp3) is 0.357. The van der Waals surface area contributed by atoms with Gasteiger partial charge in [0.25, 0.3) is 5.91 Å². The zero-order chi connectivity index (χ0) is 15.8. The van der Waals surface area contributed by atoms with Crippen LogP contribution in [-0.2, 0) is 9.59 Å². The predicted octanol–water partition coefficient (Wildman–Crippen LogP) is 1.39. The second kappa shape index (κ2) is 8.26. The maximum absolute atomic E-state index is 11.9. The van der Waals surface area contributed by atoms with Gasteiger partial charge in [0, 0.05) is 20.0 Å². The summed E-state index contributed by atoms with van der Waals surface area (Å²) in [4.78, 5) is 35.4. The number of hydrogen-bond acceptors (Lipinski definition) is 3. The number of carbonyl (C=O) groups excluding carboxylic acids is 2. The van der Waals surface area contributed by atoms with Crippen molar-refractivity contribution in [3.05, 3.63) is 34.9 Å². The number of carboxylic acid groups (broad SMARTS) is 1. The molecule has 0 heterocycles. The maximum Gasteiger partial charge on any atom is 0.303 e. The molecule has 0 aliphatic rings. The minimum absolute atomic E-state index is 0.00357. The Morgan fingerprint density at radius 2 is 1.95 bits per heavy atom. The standard InChI is InChI=1S/C14H17ClN2O4/c1-17(8-4-7-13(19)20)12(18)9-16-14(21)10-5-2-3-6-11(10)15/h2-3,5-6H,4,7-9H2,1H3,(H,16,21)(H,19,20). The van der Waals surface area contributed by atoms with Crippen molar-refractivity contribution in [1.82, 2.24) is 10.2 Å². The normalized spacial score (nSPS) is 10.0. The van der Waals surface area contributed by atoms with Crippen LogP contribution >= 0.6 is 11.6 Å². The monoisotopic (exact) mass is 312 g/mol. The Morgan fingerprint density at radius 3 is 2.57 bits per heavy atom. The van der Waals surface area contributed by atoms with Crippen LogP contribution in [0.2, 0.25) is 5.02 Å². The van der Waals surface area contributed by atoms with Gasteiger partial charge in [-0.3, -0.25) is 14.4 Å². The van der Waals surface area contributed by atoms with E-state index < -0.39 is 11.9 Å². The first-order valence-corrected chi connectivity index (χ1v) is 6.78. The third kappa shape index (κ3) is 5.83. The largest absolute Gasteiger partial charge is 0.481 e. The number of nitrogens with one attached hydrogen (secondary N) is 1. The minimum Gasteiger partial charge on any atom is -0.481 e. The lowest BCUT2D eigenvalue weighted by Gasteiger charge is -2.17. The molecule has 0 atom stereocenters. The molecule has 0 spiro atoms. The van der Waals surface area contributed by atoms with Crippen LogP contribution < -0.4 is 5.32 Å². The fourth-order valence-electron chi connectivity index (χ4n) is 1.62. The summed E-state index contributed by atoms with van der Waals surface area (Å²) in [6.07, 6.45) is 0.375. The van der Waals surface area contributed by atoms with E-state index in [0.717, 1.165) is 0 Å². The Hall–Kier alpha value is -2.08. The van der Waals surface area contributed by atoms with Gasteiger partial charge in [0.2, 0.25) is 5.91 Å². The molecular weight excluding hydrogens is 296 g/mol. The summed E-state index contributed by atoms with van der Waals surface area (Å²) >= 11 is 5.88. The number of carbonyl (C=O) groups is 3. The second-order valence-electron chi connectivity index (χ2n) is 4.48. The first kappa shape index (κ1) is 17.0. The lowest BCUT2D eigenvalue weighted by Crippen LogP contribution is -2.38. The molecule has 0 aromatic heterocycles. The minimum atomic E-state index is -0.900. The average molecular weight is 313 g/mol. The van der Waals surface area contributed by atoms with E-state index in [9.17, 15) is 14.4 Å². The van der Waals surface area contributed by atoms with E-state index in [1.54, 1.807) is 31.3 Å². The molecule has 0 saturated heterocycles. The lowest BCUT2D eigenvalue weighted by atomic mass is 10.2. The van der Waals surface area contributed by atoms with Crippen LogP contribution in [0, 0.1) is 0 Å². The van der Waals surface area contributed by atoms with E-state index in [1.165, 1.54) is 4.90 Å². The Bertz CT molecular complexity index is 533. The van der Waals surface area contributed by atoms with Gasteiger partial charge < -0.3 is 15.3 Å². The molecule has 0 unspecified atom stereocenters. The van der Waals surface area contributed by atoms with Crippen molar-refractivity contribution in [2.24, 2.45) is 0 Å². The summed E-state index contributed by atoms with van der Waals surface area (Å²) < 4.78 is 0. The summed E-state index contributed by atoms with van der Waals surface area (Å²) in [5.74, 6) is -1.61. The molecule has 2 N–H and O–H groups in total. The van der Waals surface area contributed by atoms with Crippen LogP contribution in [0.3, 0.4) is 0 Å². The number of nitrogens with zero attached hydrogens (tertiary/aromatic N) is 1. The molecule has 0 aliphatic carbocycles. The van der Waals surface area contributed by atoms with Crippen molar-refractivity contribution in [1.29, 1.82) is 0 Å². The Kier molecular flexibility index (Phi) is 6.68.